The van der Waals surface area contributed by atoms with Crippen molar-refractivity contribution >= 4 is 51.3 Å². The summed E-state index contributed by atoms with van der Waals surface area (Å²) in [7, 11) is 1.56. The molecule has 3 aromatic rings. The number of furan rings is 1. The van der Waals surface area contributed by atoms with Gasteiger partial charge in [0.1, 0.15) is 17.2 Å². The lowest BCUT2D eigenvalue weighted by Crippen LogP contribution is -2.18. The third kappa shape index (κ3) is 2.78. The van der Waals surface area contributed by atoms with E-state index in [1.807, 2.05) is 0 Å². The molecule has 1 amide bonds. The molecule has 24 heavy (non-hydrogen) atoms. The van der Waals surface area contributed by atoms with Gasteiger partial charge in [-0.1, -0.05) is 12.8 Å². The van der Waals surface area contributed by atoms with Crippen LogP contribution in [0.5, 0.6) is 0 Å². The Hall–Kier alpha value is -1.99. The highest BCUT2D eigenvalue weighted by Crippen LogP contribution is 2.39. The molecule has 0 unspecified atom stereocenters. The highest BCUT2D eigenvalue weighted by Gasteiger charge is 2.23. The van der Waals surface area contributed by atoms with Crippen molar-refractivity contribution in [2.24, 2.45) is 0 Å². The monoisotopic (exact) mass is 408 g/mol. The molecule has 0 radical (unpaired) electrons. The van der Waals surface area contributed by atoms with Gasteiger partial charge >= 0.3 is 0 Å². The third-order valence-electron chi connectivity index (χ3n) is 3.79. The maximum atomic E-state index is 13.4. The summed E-state index contributed by atoms with van der Waals surface area (Å²) in [5.74, 6) is -0.200. The first-order chi connectivity index (χ1) is 11.5. The summed E-state index contributed by atoms with van der Waals surface area (Å²) in [6.07, 6.45) is 0. The number of rotatable bonds is 3. The Morgan fingerprint density at radius 3 is 2.67 bits per heavy atom. The third-order valence-corrected chi connectivity index (χ3v) is 4.68. The van der Waals surface area contributed by atoms with E-state index >= 15 is 0 Å². The van der Waals surface area contributed by atoms with Gasteiger partial charge in [0.05, 0.1) is 11.3 Å². The van der Waals surface area contributed by atoms with Crippen molar-refractivity contribution in [1.82, 2.24) is 5.32 Å². The minimum Gasteiger partial charge on any atom is -0.455 e. The molecular formula is C17H14BrFN2O2S. The van der Waals surface area contributed by atoms with Crippen molar-refractivity contribution in [1.29, 1.82) is 0 Å². The van der Waals surface area contributed by atoms with Gasteiger partial charge in [-0.25, -0.2) is 4.39 Å². The van der Waals surface area contributed by atoms with Crippen LogP contribution in [-0.4, -0.2) is 13.0 Å². The molecule has 0 aliphatic heterocycles. The Kier molecular flexibility index (Phi) is 4.56. The van der Waals surface area contributed by atoms with E-state index in [0.717, 1.165) is 4.47 Å². The average molecular weight is 409 g/mol. The number of amides is 1. The largest absolute Gasteiger partial charge is 0.455 e. The SMILES string of the molecule is CNC(=O)c1c(-c2ccc(F)cc2C)oc2cc(NS)c(Br)cc12. The van der Waals surface area contributed by atoms with E-state index in [2.05, 4.69) is 38.8 Å². The summed E-state index contributed by atoms with van der Waals surface area (Å²) in [6.45, 7) is 1.77. The molecule has 2 aromatic carbocycles. The maximum absolute atomic E-state index is 13.4. The van der Waals surface area contributed by atoms with Crippen LogP contribution in [0, 0.1) is 12.7 Å². The predicted octanol–water partition coefficient (Wildman–Crippen LogP) is 4.93. The van der Waals surface area contributed by atoms with Crippen molar-refractivity contribution in [2.45, 2.75) is 6.92 Å². The fourth-order valence-electron chi connectivity index (χ4n) is 2.62. The summed E-state index contributed by atoms with van der Waals surface area (Å²) >= 11 is 7.49. The number of carbonyl (C=O) groups excluding carboxylic acids is 1. The molecule has 0 aliphatic carbocycles. The standard InChI is InChI=1S/C17H14BrFN2O2S/c1-8-5-9(19)3-4-10(8)16-15(17(22)20-2)11-6-12(18)13(21-24)7-14(11)23-16/h3-7,21,24H,1-2H3,(H,20,22). The Morgan fingerprint density at radius 1 is 1.29 bits per heavy atom. The van der Waals surface area contributed by atoms with Gasteiger partial charge in [0.25, 0.3) is 5.91 Å². The molecule has 2 N–H and O–H groups in total. The number of benzene rings is 2. The number of hydrogen-bond donors (Lipinski definition) is 3. The molecule has 1 heterocycles. The molecule has 7 heteroatoms. The number of nitrogens with one attached hydrogen (secondary N) is 2. The Morgan fingerprint density at radius 2 is 2.04 bits per heavy atom. The Balaban J connectivity index is 2.36. The zero-order chi connectivity index (χ0) is 17.4. The summed E-state index contributed by atoms with van der Waals surface area (Å²) in [5, 5.41) is 3.29. The molecular weight excluding hydrogens is 395 g/mol. The number of carbonyl (C=O) groups is 1. The fourth-order valence-corrected chi connectivity index (χ4v) is 3.40. The van der Waals surface area contributed by atoms with Crippen LogP contribution in [0.15, 0.2) is 39.2 Å². The zero-order valence-corrected chi connectivity index (χ0v) is 15.4. The van der Waals surface area contributed by atoms with Crippen molar-refractivity contribution < 1.29 is 13.6 Å². The molecule has 0 saturated carbocycles. The normalized spacial score (nSPS) is 10.9. The second-order valence-electron chi connectivity index (χ2n) is 5.28. The second kappa shape index (κ2) is 6.49. The average Bonchev–Trinajstić information content (AvgIpc) is 2.91. The Bertz CT molecular complexity index is 955. The van der Waals surface area contributed by atoms with Crippen LogP contribution in [0.3, 0.4) is 0 Å². The van der Waals surface area contributed by atoms with E-state index < -0.39 is 0 Å². The first-order valence-corrected chi connectivity index (χ1v) is 8.35. The van der Waals surface area contributed by atoms with Crippen LogP contribution in [0.4, 0.5) is 10.1 Å². The number of halogens is 2. The van der Waals surface area contributed by atoms with Crippen LogP contribution in [0.25, 0.3) is 22.3 Å². The van der Waals surface area contributed by atoms with E-state index in [1.165, 1.54) is 12.1 Å². The zero-order valence-electron chi connectivity index (χ0n) is 12.9. The van der Waals surface area contributed by atoms with E-state index in [0.29, 0.717) is 39.1 Å². The minimum absolute atomic E-state index is 0.272. The van der Waals surface area contributed by atoms with Gasteiger partial charge in [-0.15, -0.1) is 0 Å². The molecule has 0 bridgehead atoms. The van der Waals surface area contributed by atoms with E-state index in [1.54, 1.807) is 32.2 Å². The van der Waals surface area contributed by atoms with E-state index in [9.17, 15) is 9.18 Å². The summed E-state index contributed by atoms with van der Waals surface area (Å²) in [4.78, 5) is 12.4. The quantitative estimate of drug-likeness (QED) is 0.538. The van der Waals surface area contributed by atoms with Gasteiger partial charge in [0.15, 0.2) is 0 Å². The van der Waals surface area contributed by atoms with Crippen LogP contribution in [-0.2, 0) is 0 Å². The van der Waals surface area contributed by atoms with Gasteiger partial charge in [0, 0.05) is 28.5 Å². The fraction of sp³-hybridized carbons (Fsp3) is 0.118. The van der Waals surface area contributed by atoms with Crippen LogP contribution >= 0.6 is 28.7 Å². The first kappa shape index (κ1) is 16.9. The van der Waals surface area contributed by atoms with Crippen molar-refractivity contribution in [2.75, 3.05) is 11.8 Å². The van der Waals surface area contributed by atoms with Gasteiger partial charge in [0.2, 0.25) is 0 Å². The summed E-state index contributed by atoms with van der Waals surface area (Å²) in [6, 6.07) is 7.92. The molecule has 4 nitrogen and oxygen atoms in total. The number of hydrogen-bond acceptors (Lipinski definition) is 4. The predicted molar refractivity (Wildman–Crippen MR) is 100 cm³/mol. The van der Waals surface area contributed by atoms with Gasteiger partial charge in [-0.2, -0.15) is 0 Å². The van der Waals surface area contributed by atoms with Gasteiger partial charge < -0.3 is 14.5 Å². The number of thiol groups is 1. The number of aryl methyl sites for hydroxylation is 1. The maximum Gasteiger partial charge on any atom is 0.255 e. The lowest BCUT2D eigenvalue weighted by Gasteiger charge is -2.06. The van der Waals surface area contributed by atoms with Crippen LogP contribution in [0.2, 0.25) is 0 Å². The number of anilines is 1. The van der Waals surface area contributed by atoms with Crippen molar-refractivity contribution in [3.05, 3.63) is 51.7 Å². The lowest BCUT2D eigenvalue weighted by atomic mass is 10.0. The molecule has 0 aliphatic rings. The van der Waals surface area contributed by atoms with E-state index in [-0.39, 0.29) is 11.7 Å². The van der Waals surface area contributed by atoms with Gasteiger partial charge in [-0.3, -0.25) is 4.79 Å². The Labute approximate surface area is 152 Å². The van der Waals surface area contributed by atoms with Crippen molar-refractivity contribution in [3.63, 3.8) is 0 Å². The molecule has 0 fully saturated rings. The topological polar surface area (TPSA) is 54.3 Å². The molecule has 3 rings (SSSR count). The number of fused-ring (bicyclic) bond motifs is 1. The molecule has 0 saturated heterocycles. The second-order valence-corrected chi connectivity index (χ2v) is 6.36. The van der Waals surface area contributed by atoms with Crippen LogP contribution < -0.4 is 10.0 Å². The molecule has 124 valence electrons. The van der Waals surface area contributed by atoms with Crippen LogP contribution in [0.1, 0.15) is 15.9 Å². The highest BCUT2D eigenvalue weighted by molar-refractivity contribution is 9.10. The smallest absolute Gasteiger partial charge is 0.255 e. The minimum atomic E-state index is -0.335. The summed E-state index contributed by atoms with van der Waals surface area (Å²) in [5.41, 5.74) is 3.01. The lowest BCUT2D eigenvalue weighted by molar-refractivity contribution is 0.0964. The first-order valence-electron chi connectivity index (χ1n) is 7.11. The van der Waals surface area contributed by atoms with Gasteiger partial charge in [-0.05, 0) is 52.7 Å². The molecule has 1 aromatic heterocycles. The molecule has 0 atom stereocenters. The van der Waals surface area contributed by atoms with E-state index in [4.69, 9.17) is 4.42 Å². The van der Waals surface area contributed by atoms with Crippen molar-refractivity contribution in [3.8, 4) is 11.3 Å². The molecule has 0 spiro atoms. The summed E-state index contributed by atoms with van der Waals surface area (Å²) < 4.78 is 22.9. The highest BCUT2D eigenvalue weighted by atomic mass is 79.9.